The van der Waals surface area contributed by atoms with E-state index in [0.29, 0.717) is 6.61 Å². The first kappa shape index (κ1) is 11.3. The molecule has 0 radical (unpaired) electrons. The van der Waals surface area contributed by atoms with Crippen LogP contribution in [0.4, 0.5) is 0 Å². The van der Waals surface area contributed by atoms with Gasteiger partial charge in [0.25, 0.3) is 0 Å². The summed E-state index contributed by atoms with van der Waals surface area (Å²) in [5, 5.41) is 8.80. The van der Waals surface area contributed by atoms with Crippen LogP contribution < -0.4 is 0 Å². The van der Waals surface area contributed by atoms with Crippen molar-refractivity contribution in [2.24, 2.45) is 5.92 Å². The quantitative estimate of drug-likeness (QED) is 0.503. The molecule has 1 saturated heterocycles. The number of hydrogen-bond donors (Lipinski definition) is 2. The van der Waals surface area contributed by atoms with Crippen molar-refractivity contribution in [3.05, 3.63) is 0 Å². The molecule has 1 aliphatic rings. The minimum absolute atomic E-state index is 0.356. The summed E-state index contributed by atoms with van der Waals surface area (Å²) in [5.74, 6) is 1.76. The molecule has 78 valence electrons. The number of nitrogens with zero attached hydrogens (tertiary/aromatic N) is 1. The van der Waals surface area contributed by atoms with Crippen LogP contribution in [0.25, 0.3) is 0 Å². The van der Waals surface area contributed by atoms with Crippen LogP contribution in [0.2, 0.25) is 0 Å². The van der Waals surface area contributed by atoms with E-state index in [1.54, 1.807) is 0 Å². The molecule has 3 heteroatoms. The van der Waals surface area contributed by atoms with Crippen molar-refractivity contribution < 1.29 is 5.11 Å². The van der Waals surface area contributed by atoms with Crippen LogP contribution in [0.5, 0.6) is 0 Å². The van der Waals surface area contributed by atoms with Gasteiger partial charge in [0.1, 0.15) is 0 Å². The minimum Gasteiger partial charge on any atom is -0.396 e. The fourth-order valence-corrected chi connectivity index (χ4v) is 2.20. The van der Waals surface area contributed by atoms with Crippen LogP contribution in [0, 0.1) is 5.92 Å². The second-order valence-corrected chi connectivity index (χ2v) is 4.35. The molecule has 1 unspecified atom stereocenters. The van der Waals surface area contributed by atoms with E-state index in [4.69, 9.17) is 5.11 Å². The molecule has 2 nitrogen and oxygen atoms in total. The molecule has 0 aliphatic carbocycles. The zero-order valence-corrected chi connectivity index (χ0v) is 9.18. The Hall–Kier alpha value is 0.270. The summed E-state index contributed by atoms with van der Waals surface area (Å²) >= 11 is 4.20. The number of hydrogen-bond acceptors (Lipinski definition) is 3. The van der Waals surface area contributed by atoms with Gasteiger partial charge in [0.05, 0.1) is 0 Å². The lowest BCUT2D eigenvalue weighted by molar-refractivity contribution is 0.250. The molecule has 0 aromatic rings. The molecular weight excluding hydrogens is 182 g/mol. The van der Waals surface area contributed by atoms with E-state index < -0.39 is 0 Å². The van der Waals surface area contributed by atoms with Gasteiger partial charge in [0, 0.05) is 13.2 Å². The fourth-order valence-electron chi connectivity index (χ4n) is 1.98. The first-order valence-electron chi connectivity index (χ1n) is 5.31. The third-order valence-electron chi connectivity index (χ3n) is 2.79. The van der Waals surface area contributed by atoms with Crippen molar-refractivity contribution in [3.63, 3.8) is 0 Å². The number of aliphatic hydroxyl groups is 1. The average molecular weight is 203 g/mol. The Morgan fingerprint density at radius 3 is 2.92 bits per heavy atom. The van der Waals surface area contributed by atoms with Gasteiger partial charge in [-0.2, -0.15) is 12.6 Å². The predicted octanol–water partition coefficient (Wildman–Crippen LogP) is 1.40. The van der Waals surface area contributed by atoms with E-state index in [2.05, 4.69) is 17.5 Å². The van der Waals surface area contributed by atoms with Crippen LogP contribution in [0.15, 0.2) is 0 Å². The second kappa shape index (κ2) is 6.68. The first-order valence-corrected chi connectivity index (χ1v) is 5.94. The van der Waals surface area contributed by atoms with Crippen molar-refractivity contribution in [2.45, 2.75) is 25.7 Å². The van der Waals surface area contributed by atoms with Gasteiger partial charge in [0.2, 0.25) is 0 Å². The zero-order valence-electron chi connectivity index (χ0n) is 8.28. The Kier molecular flexibility index (Phi) is 5.83. The lowest BCUT2D eigenvalue weighted by Crippen LogP contribution is -2.22. The molecule has 0 aromatic carbocycles. The summed E-state index contributed by atoms with van der Waals surface area (Å²) in [6, 6.07) is 0. The Balaban J connectivity index is 2.03. The van der Waals surface area contributed by atoms with E-state index in [1.165, 1.54) is 38.9 Å². The molecule has 1 rings (SSSR count). The van der Waals surface area contributed by atoms with E-state index in [0.717, 1.165) is 18.1 Å². The van der Waals surface area contributed by atoms with E-state index in [9.17, 15) is 0 Å². The summed E-state index contributed by atoms with van der Waals surface area (Å²) in [6.45, 7) is 4.02. The maximum atomic E-state index is 8.80. The summed E-state index contributed by atoms with van der Waals surface area (Å²) in [6.07, 6.45) is 4.77. The number of unbranched alkanes of at least 4 members (excludes halogenated alkanes) is 1. The third kappa shape index (κ3) is 4.34. The monoisotopic (exact) mass is 203 g/mol. The summed E-state index contributed by atoms with van der Waals surface area (Å²) in [7, 11) is 0. The third-order valence-corrected chi connectivity index (χ3v) is 3.11. The molecule has 1 atom stereocenters. The molecule has 13 heavy (non-hydrogen) atoms. The maximum absolute atomic E-state index is 8.80. The minimum atomic E-state index is 0.356. The molecule has 1 fully saturated rings. The Labute approximate surface area is 86.7 Å². The summed E-state index contributed by atoms with van der Waals surface area (Å²) in [4.78, 5) is 2.52. The summed E-state index contributed by atoms with van der Waals surface area (Å²) < 4.78 is 0. The SMILES string of the molecule is OCCC1CCN(CCCCS)C1. The van der Waals surface area contributed by atoms with Crippen molar-refractivity contribution in [3.8, 4) is 0 Å². The lowest BCUT2D eigenvalue weighted by Gasteiger charge is -2.14. The van der Waals surface area contributed by atoms with Crippen LogP contribution in [0.1, 0.15) is 25.7 Å². The van der Waals surface area contributed by atoms with Crippen LogP contribution in [-0.4, -0.2) is 42.0 Å². The standard InChI is InChI=1S/C10H21NOS/c12-7-4-10-3-6-11(9-10)5-1-2-8-13/h10,12-13H,1-9H2. The molecule has 1 aliphatic heterocycles. The van der Waals surface area contributed by atoms with E-state index in [-0.39, 0.29) is 0 Å². The lowest BCUT2D eigenvalue weighted by atomic mass is 10.1. The van der Waals surface area contributed by atoms with Crippen molar-refractivity contribution in [1.82, 2.24) is 4.90 Å². The summed E-state index contributed by atoms with van der Waals surface area (Å²) in [5.41, 5.74) is 0. The molecule has 0 spiro atoms. The molecule has 1 heterocycles. The van der Waals surface area contributed by atoms with Gasteiger partial charge in [-0.3, -0.25) is 0 Å². The fraction of sp³-hybridized carbons (Fsp3) is 1.00. The average Bonchev–Trinajstić information content (AvgIpc) is 2.54. The second-order valence-electron chi connectivity index (χ2n) is 3.90. The number of thiol groups is 1. The molecule has 0 saturated carbocycles. The highest BCUT2D eigenvalue weighted by Gasteiger charge is 2.20. The molecule has 0 amide bonds. The van der Waals surface area contributed by atoms with Crippen LogP contribution >= 0.6 is 12.6 Å². The van der Waals surface area contributed by atoms with Crippen LogP contribution in [0.3, 0.4) is 0 Å². The van der Waals surface area contributed by atoms with Crippen molar-refractivity contribution in [2.75, 3.05) is 32.0 Å². The van der Waals surface area contributed by atoms with Gasteiger partial charge in [-0.15, -0.1) is 0 Å². The van der Waals surface area contributed by atoms with Gasteiger partial charge in [-0.1, -0.05) is 0 Å². The van der Waals surface area contributed by atoms with Gasteiger partial charge in [0.15, 0.2) is 0 Å². The van der Waals surface area contributed by atoms with Gasteiger partial charge in [-0.25, -0.2) is 0 Å². The number of likely N-dealkylation sites (tertiary alicyclic amines) is 1. The largest absolute Gasteiger partial charge is 0.396 e. The topological polar surface area (TPSA) is 23.5 Å². The predicted molar refractivity (Wildman–Crippen MR) is 59.3 cm³/mol. The van der Waals surface area contributed by atoms with Gasteiger partial charge >= 0.3 is 0 Å². The smallest absolute Gasteiger partial charge is 0.0434 e. The van der Waals surface area contributed by atoms with Gasteiger partial charge < -0.3 is 10.0 Å². The van der Waals surface area contributed by atoms with E-state index >= 15 is 0 Å². The van der Waals surface area contributed by atoms with Crippen LogP contribution in [-0.2, 0) is 0 Å². The molecule has 1 N–H and O–H groups in total. The van der Waals surface area contributed by atoms with Crippen molar-refractivity contribution >= 4 is 12.6 Å². The normalized spacial score (nSPS) is 24.0. The molecule has 0 aromatic heterocycles. The highest BCUT2D eigenvalue weighted by Crippen LogP contribution is 2.19. The highest BCUT2D eigenvalue weighted by molar-refractivity contribution is 7.80. The van der Waals surface area contributed by atoms with E-state index in [1.807, 2.05) is 0 Å². The Morgan fingerprint density at radius 1 is 1.38 bits per heavy atom. The Morgan fingerprint density at radius 2 is 2.23 bits per heavy atom. The molecule has 0 bridgehead atoms. The highest BCUT2D eigenvalue weighted by atomic mass is 32.1. The van der Waals surface area contributed by atoms with Gasteiger partial charge in [-0.05, 0) is 50.4 Å². The maximum Gasteiger partial charge on any atom is 0.0434 e. The number of aliphatic hydroxyl groups excluding tert-OH is 1. The Bertz CT molecular complexity index is 132. The first-order chi connectivity index (χ1) is 6.36. The zero-order chi connectivity index (χ0) is 9.52. The molecular formula is C10H21NOS. The van der Waals surface area contributed by atoms with Crippen molar-refractivity contribution in [1.29, 1.82) is 0 Å². The number of rotatable bonds is 6.